The molecule has 0 saturated heterocycles. The molecule has 1 aromatic heterocycles. The number of carbonyl (C=O) groups is 1. The zero-order chi connectivity index (χ0) is 14.6. The number of hydrogen-bond donors (Lipinski definition) is 0. The lowest BCUT2D eigenvalue weighted by molar-refractivity contribution is -0.173. The van der Waals surface area contributed by atoms with Gasteiger partial charge in [0.1, 0.15) is 6.61 Å². The van der Waals surface area contributed by atoms with Crippen molar-refractivity contribution in [3.63, 3.8) is 0 Å². The quantitative estimate of drug-likeness (QED) is 0.623. The van der Waals surface area contributed by atoms with Crippen molar-refractivity contribution in [1.82, 2.24) is 4.98 Å². The average Bonchev–Trinajstić information content (AvgIpc) is 2.41. The molecule has 0 atom stereocenters. The zero-order valence-electron chi connectivity index (χ0n) is 10.5. The average molecular weight is 283 g/mol. The number of benzene rings is 1. The van der Waals surface area contributed by atoms with Gasteiger partial charge < -0.3 is 4.74 Å². The number of hydrogen-bond acceptors (Lipinski definition) is 3. The Kier molecular flexibility index (Phi) is 4.34. The highest BCUT2D eigenvalue weighted by Crippen LogP contribution is 2.19. The molecule has 0 aliphatic heterocycles. The van der Waals surface area contributed by atoms with Crippen LogP contribution < -0.4 is 0 Å². The highest BCUT2D eigenvalue weighted by Gasteiger charge is 2.27. The van der Waals surface area contributed by atoms with Crippen LogP contribution in [0.5, 0.6) is 0 Å². The fraction of sp³-hybridized carbons (Fsp3) is 0.286. The second-order valence-electron chi connectivity index (χ2n) is 4.24. The molecule has 0 bridgehead atoms. The second kappa shape index (κ2) is 6.00. The molecule has 6 heteroatoms. The lowest BCUT2D eigenvalue weighted by Crippen LogP contribution is -2.18. The Hall–Kier alpha value is -1.95. The normalized spacial score (nSPS) is 11.8. The first-order valence-corrected chi connectivity index (χ1v) is 5.98. The van der Waals surface area contributed by atoms with Crippen molar-refractivity contribution >= 4 is 16.6 Å². The van der Waals surface area contributed by atoms with Crippen LogP contribution in [0, 0.1) is 0 Å². The molecule has 0 saturated carbocycles. The van der Waals surface area contributed by atoms with E-state index < -0.39 is 12.8 Å². The van der Waals surface area contributed by atoms with Crippen LogP contribution in [0.25, 0.3) is 10.8 Å². The van der Waals surface area contributed by atoms with Crippen LogP contribution in [0.15, 0.2) is 36.7 Å². The number of carbonyl (C=O) groups excluding carboxylic acids is 1. The number of ether oxygens (including phenoxy) is 1. The molecule has 20 heavy (non-hydrogen) atoms. The number of ketones is 1. The molecule has 1 heterocycles. The molecular formula is C14H12F3NO2. The van der Waals surface area contributed by atoms with E-state index in [4.69, 9.17) is 0 Å². The summed E-state index contributed by atoms with van der Waals surface area (Å²) in [4.78, 5) is 15.9. The van der Waals surface area contributed by atoms with Gasteiger partial charge in [-0.05, 0) is 11.5 Å². The van der Waals surface area contributed by atoms with E-state index in [0.29, 0.717) is 10.9 Å². The predicted octanol–water partition coefficient (Wildman–Crippen LogP) is 3.39. The first kappa shape index (κ1) is 14.5. The Morgan fingerprint density at radius 3 is 2.80 bits per heavy atom. The van der Waals surface area contributed by atoms with E-state index in [0.717, 1.165) is 5.39 Å². The molecule has 0 spiro atoms. The van der Waals surface area contributed by atoms with Crippen molar-refractivity contribution in [2.45, 2.75) is 12.6 Å². The summed E-state index contributed by atoms with van der Waals surface area (Å²) in [5.74, 6) is -0.259. The third kappa shape index (κ3) is 3.77. The SMILES string of the molecule is O=C(CCOCC(F)(F)F)c1cccc2ccncc12. The van der Waals surface area contributed by atoms with Crippen LogP contribution in [-0.2, 0) is 4.74 Å². The van der Waals surface area contributed by atoms with Crippen LogP contribution in [0.1, 0.15) is 16.8 Å². The maximum absolute atomic E-state index is 12.0. The van der Waals surface area contributed by atoms with Gasteiger partial charge in [-0.3, -0.25) is 9.78 Å². The number of nitrogens with zero attached hydrogens (tertiary/aromatic N) is 1. The molecule has 0 N–H and O–H groups in total. The molecule has 0 radical (unpaired) electrons. The Labute approximate surface area is 113 Å². The lowest BCUT2D eigenvalue weighted by atomic mass is 10.0. The van der Waals surface area contributed by atoms with Crippen molar-refractivity contribution in [3.8, 4) is 0 Å². The highest BCUT2D eigenvalue weighted by molar-refractivity contribution is 6.07. The smallest absolute Gasteiger partial charge is 0.372 e. The van der Waals surface area contributed by atoms with Gasteiger partial charge >= 0.3 is 6.18 Å². The number of rotatable bonds is 5. The first-order chi connectivity index (χ1) is 9.47. The van der Waals surface area contributed by atoms with Gasteiger partial charge in [-0.1, -0.05) is 18.2 Å². The van der Waals surface area contributed by atoms with Crippen LogP contribution in [0.2, 0.25) is 0 Å². The van der Waals surface area contributed by atoms with Crippen LogP contribution in [-0.4, -0.2) is 30.2 Å². The maximum atomic E-state index is 12.0. The van der Waals surface area contributed by atoms with Gasteiger partial charge in [-0.2, -0.15) is 13.2 Å². The van der Waals surface area contributed by atoms with Crippen LogP contribution in [0.4, 0.5) is 13.2 Å². The number of pyridine rings is 1. The summed E-state index contributed by atoms with van der Waals surface area (Å²) in [6, 6.07) is 6.97. The van der Waals surface area contributed by atoms with Crippen molar-refractivity contribution in [2.75, 3.05) is 13.2 Å². The molecule has 2 rings (SSSR count). The van der Waals surface area contributed by atoms with E-state index in [1.165, 1.54) is 0 Å². The second-order valence-corrected chi connectivity index (χ2v) is 4.24. The molecule has 0 amide bonds. The minimum atomic E-state index is -4.37. The van der Waals surface area contributed by atoms with E-state index >= 15 is 0 Å². The number of fused-ring (bicyclic) bond motifs is 1. The van der Waals surface area contributed by atoms with Gasteiger partial charge in [0.2, 0.25) is 0 Å². The first-order valence-electron chi connectivity index (χ1n) is 5.98. The van der Waals surface area contributed by atoms with E-state index in [1.54, 1.807) is 30.6 Å². The minimum Gasteiger partial charge on any atom is -0.372 e. The molecule has 0 unspecified atom stereocenters. The van der Waals surface area contributed by atoms with E-state index in [9.17, 15) is 18.0 Å². The zero-order valence-corrected chi connectivity index (χ0v) is 10.5. The molecule has 2 aromatic rings. The fourth-order valence-corrected chi connectivity index (χ4v) is 1.84. The van der Waals surface area contributed by atoms with E-state index in [-0.39, 0.29) is 18.8 Å². The minimum absolute atomic E-state index is 0.0932. The molecular weight excluding hydrogens is 271 g/mol. The Balaban J connectivity index is 2.01. The summed E-state index contributed by atoms with van der Waals surface area (Å²) in [6.45, 7) is -1.59. The molecule has 3 nitrogen and oxygen atoms in total. The largest absolute Gasteiger partial charge is 0.411 e. The molecule has 0 aliphatic carbocycles. The summed E-state index contributed by atoms with van der Waals surface area (Å²) in [5.41, 5.74) is 0.450. The Bertz CT molecular complexity index is 605. The third-order valence-electron chi connectivity index (χ3n) is 2.72. The lowest BCUT2D eigenvalue weighted by Gasteiger charge is -2.08. The monoisotopic (exact) mass is 283 g/mol. The van der Waals surface area contributed by atoms with Crippen molar-refractivity contribution in [1.29, 1.82) is 0 Å². The summed E-state index contributed by atoms with van der Waals surface area (Å²) >= 11 is 0. The number of alkyl halides is 3. The number of halogens is 3. The van der Waals surface area contributed by atoms with Crippen molar-refractivity contribution in [3.05, 3.63) is 42.2 Å². The third-order valence-corrected chi connectivity index (χ3v) is 2.72. The maximum Gasteiger partial charge on any atom is 0.411 e. The topological polar surface area (TPSA) is 39.2 Å². The molecule has 106 valence electrons. The number of aromatic nitrogens is 1. The van der Waals surface area contributed by atoms with Gasteiger partial charge in [0.15, 0.2) is 5.78 Å². The molecule has 1 aromatic carbocycles. The van der Waals surface area contributed by atoms with E-state index in [2.05, 4.69) is 9.72 Å². The molecule has 0 fully saturated rings. The number of Topliss-reactive ketones (excluding diaryl/α,β-unsaturated/α-hetero) is 1. The standard InChI is InChI=1S/C14H12F3NO2/c15-14(16,17)9-20-7-5-13(19)11-3-1-2-10-4-6-18-8-12(10)11/h1-4,6,8H,5,7,9H2. The molecule has 0 aliphatic rings. The Morgan fingerprint density at radius 2 is 2.05 bits per heavy atom. The highest BCUT2D eigenvalue weighted by atomic mass is 19.4. The van der Waals surface area contributed by atoms with E-state index in [1.807, 2.05) is 6.07 Å². The van der Waals surface area contributed by atoms with Gasteiger partial charge in [0.05, 0.1) is 6.61 Å². The van der Waals surface area contributed by atoms with Crippen molar-refractivity contribution in [2.24, 2.45) is 0 Å². The summed E-state index contributed by atoms with van der Waals surface area (Å²) in [5, 5.41) is 1.55. The predicted molar refractivity (Wildman–Crippen MR) is 67.6 cm³/mol. The fourth-order valence-electron chi connectivity index (χ4n) is 1.84. The summed E-state index contributed by atoms with van der Waals surface area (Å²) < 4.78 is 40.1. The summed E-state index contributed by atoms with van der Waals surface area (Å²) in [6.07, 6.45) is -1.28. The van der Waals surface area contributed by atoms with Gasteiger partial charge in [0, 0.05) is 29.8 Å². The van der Waals surface area contributed by atoms with Gasteiger partial charge in [-0.15, -0.1) is 0 Å². The Morgan fingerprint density at radius 1 is 1.25 bits per heavy atom. The van der Waals surface area contributed by atoms with Crippen LogP contribution >= 0.6 is 0 Å². The van der Waals surface area contributed by atoms with Gasteiger partial charge in [-0.25, -0.2) is 0 Å². The summed E-state index contributed by atoms with van der Waals surface area (Å²) in [7, 11) is 0. The van der Waals surface area contributed by atoms with Crippen molar-refractivity contribution < 1.29 is 22.7 Å². The van der Waals surface area contributed by atoms with Crippen LogP contribution in [0.3, 0.4) is 0 Å². The van der Waals surface area contributed by atoms with Gasteiger partial charge in [0.25, 0.3) is 0 Å².